The van der Waals surface area contributed by atoms with Crippen molar-refractivity contribution in [1.82, 2.24) is 9.88 Å². The number of aromatic nitrogens is 1. The van der Waals surface area contributed by atoms with Crippen LogP contribution in [0.3, 0.4) is 0 Å². The molecule has 0 radical (unpaired) electrons. The first-order valence-corrected chi connectivity index (χ1v) is 6.99. The first kappa shape index (κ1) is 13.5. The lowest BCUT2D eigenvalue weighted by Crippen LogP contribution is -2.45. The van der Waals surface area contributed by atoms with E-state index in [1.54, 1.807) is 0 Å². The Labute approximate surface area is 110 Å². The van der Waals surface area contributed by atoms with Crippen LogP contribution in [0.15, 0.2) is 18.2 Å². The molecule has 3 nitrogen and oxygen atoms in total. The van der Waals surface area contributed by atoms with Crippen LogP contribution in [0.1, 0.15) is 38.6 Å². The minimum absolute atomic E-state index is 0.524. The van der Waals surface area contributed by atoms with Gasteiger partial charge >= 0.3 is 0 Å². The van der Waals surface area contributed by atoms with E-state index in [9.17, 15) is 0 Å². The van der Waals surface area contributed by atoms with Crippen molar-refractivity contribution in [3.8, 4) is 0 Å². The van der Waals surface area contributed by atoms with Crippen molar-refractivity contribution >= 4 is 0 Å². The highest BCUT2D eigenvalue weighted by Gasteiger charge is 2.28. The lowest BCUT2D eigenvalue weighted by atomic mass is 9.86. The topological polar surface area (TPSA) is 42.1 Å². The third kappa shape index (κ3) is 3.09. The fraction of sp³-hybridized carbons (Fsp3) is 0.667. The Balaban J connectivity index is 2.07. The average Bonchev–Trinajstić information content (AvgIpc) is 2.35. The number of hydrogen-bond donors (Lipinski definition) is 1. The highest BCUT2D eigenvalue weighted by molar-refractivity contribution is 5.11. The number of nitrogens with two attached hydrogens (primary N) is 1. The van der Waals surface area contributed by atoms with Gasteiger partial charge in [-0.2, -0.15) is 0 Å². The Morgan fingerprint density at radius 1 is 1.28 bits per heavy atom. The van der Waals surface area contributed by atoms with Crippen molar-refractivity contribution in [2.24, 2.45) is 17.6 Å². The maximum atomic E-state index is 5.65. The Kier molecular flexibility index (Phi) is 4.36. The van der Waals surface area contributed by atoms with Crippen molar-refractivity contribution < 1.29 is 0 Å². The predicted octanol–water partition coefficient (Wildman–Crippen LogP) is 2.41. The van der Waals surface area contributed by atoms with Gasteiger partial charge in [-0.05, 0) is 37.3 Å². The molecule has 2 rings (SSSR count). The number of rotatable bonds is 3. The fourth-order valence-electron chi connectivity index (χ4n) is 2.98. The second-order valence-corrected chi connectivity index (χ2v) is 5.81. The van der Waals surface area contributed by atoms with Crippen LogP contribution in [0, 0.1) is 11.8 Å². The van der Waals surface area contributed by atoms with E-state index in [0.717, 1.165) is 29.8 Å². The van der Waals surface area contributed by atoms with Crippen LogP contribution < -0.4 is 5.73 Å². The van der Waals surface area contributed by atoms with Gasteiger partial charge in [-0.25, -0.2) is 0 Å². The summed E-state index contributed by atoms with van der Waals surface area (Å²) in [6.07, 6.45) is 1.34. The third-order valence-corrected chi connectivity index (χ3v) is 4.16. The monoisotopic (exact) mass is 247 g/mol. The molecule has 0 spiro atoms. The summed E-state index contributed by atoms with van der Waals surface area (Å²) in [5, 5.41) is 0. The zero-order valence-corrected chi connectivity index (χ0v) is 11.8. The zero-order chi connectivity index (χ0) is 13.1. The largest absolute Gasteiger partial charge is 0.325 e. The summed E-state index contributed by atoms with van der Waals surface area (Å²) in [5.74, 6) is 1.56. The van der Waals surface area contributed by atoms with Gasteiger partial charge in [-0.1, -0.05) is 19.9 Å². The Morgan fingerprint density at radius 2 is 2.00 bits per heavy atom. The normalized spacial score (nSPS) is 29.4. The lowest BCUT2D eigenvalue weighted by Gasteiger charge is -2.41. The molecule has 3 atom stereocenters. The standard InChI is InChI=1S/C15H25N3/c1-11-7-12(2)13(3)18(9-11)10-15-6-4-5-14(8-16)17-15/h4-6,11-13H,7-10,16H2,1-3H3. The highest BCUT2D eigenvalue weighted by Crippen LogP contribution is 2.27. The molecular weight excluding hydrogens is 222 g/mol. The molecule has 2 N–H and O–H groups in total. The summed E-state index contributed by atoms with van der Waals surface area (Å²) in [7, 11) is 0. The van der Waals surface area contributed by atoms with Crippen LogP contribution in [0.25, 0.3) is 0 Å². The minimum Gasteiger partial charge on any atom is -0.325 e. The molecule has 1 saturated heterocycles. The molecule has 0 bridgehead atoms. The zero-order valence-electron chi connectivity index (χ0n) is 11.8. The third-order valence-electron chi connectivity index (χ3n) is 4.16. The number of likely N-dealkylation sites (tertiary alicyclic amines) is 1. The van der Waals surface area contributed by atoms with E-state index < -0.39 is 0 Å². The molecule has 2 heterocycles. The molecule has 0 aromatic carbocycles. The summed E-state index contributed by atoms with van der Waals surface area (Å²) in [4.78, 5) is 7.16. The van der Waals surface area contributed by atoms with Crippen LogP contribution in [0.4, 0.5) is 0 Å². The fourth-order valence-corrected chi connectivity index (χ4v) is 2.98. The molecule has 100 valence electrons. The summed E-state index contributed by atoms with van der Waals surface area (Å²) < 4.78 is 0. The molecule has 1 aromatic rings. The van der Waals surface area contributed by atoms with E-state index in [1.165, 1.54) is 13.0 Å². The summed E-state index contributed by atoms with van der Waals surface area (Å²) >= 11 is 0. The molecule has 0 aliphatic carbocycles. The van der Waals surface area contributed by atoms with E-state index in [-0.39, 0.29) is 0 Å². The van der Waals surface area contributed by atoms with Gasteiger partial charge < -0.3 is 5.73 Å². The summed E-state index contributed by atoms with van der Waals surface area (Å²) in [6, 6.07) is 6.81. The van der Waals surface area contributed by atoms with Crippen LogP contribution in [0.5, 0.6) is 0 Å². The second kappa shape index (κ2) is 5.81. The molecule has 0 saturated carbocycles. The van der Waals surface area contributed by atoms with Gasteiger partial charge in [0.05, 0.1) is 11.4 Å². The Hall–Kier alpha value is -0.930. The van der Waals surface area contributed by atoms with Gasteiger partial charge in [0.1, 0.15) is 0 Å². The number of hydrogen-bond acceptors (Lipinski definition) is 3. The summed E-state index contributed by atoms with van der Waals surface area (Å²) in [5.41, 5.74) is 7.78. The number of nitrogens with zero attached hydrogens (tertiary/aromatic N) is 2. The number of pyridine rings is 1. The van der Waals surface area contributed by atoms with E-state index in [2.05, 4.69) is 42.8 Å². The van der Waals surface area contributed by atoms with Crippen molar-refractivity contribution in [2.75, 3.05) is 6.54 Å². The molecular formula is C15H25N3. The maximum absolute atomic E-state index is 5.65. The second-order valence-electron chi connectivity index (χ2n) is 5.81. The molecule has 1 aromatic heterocycles. The Bertz CT molecular complexity index is 391. The predicted molar refractivity (Wildman–Crippen MR) is 74.9 cm³/mol. The van der Waals surface area contributed by atoms with Crippen molar-refractivity contribution in [3.63, 3.8) is 0 Å². The van der Waals surface area contributed by atoms with E-state index in [1.807, 2.05) is 6.07 Å². The molecule has 0 amide bonds. The average molecular weight is 247 g/mol. The molecule has 1 aliphatic rings. The van der Waals surface area contributed by atoms with Gasteiger partial charge in [-0.15, -0.1) is 0 Å². The smallest absolute Gasteiger partial charge is 0.0547 e. The first-order chi connectivity index (χ1) is 8.60. The quantitative estimate of drug-likeness (QED) is 0.892. The maximum Gasteiger partial charge on any atom is 0.0547 e. The molecule has 3 heteroatoms. The van der Waals surface area contributed by atoms with E-state index >= 15 is 0 Å². The van der Waals surface area contributed by atoms with Gasteiger partial charge in [0.2, 0.25) is 0 Å². The first-order valence-electron chi connectivity index (χ1n) is 6.99. The minimum atomic E-state index is 0.524. The molecule has 3 unspecified atom stereocenters. The lowest BCUT2D eigenvalue weighted by molar-refractivity contribution is 0.0718. The van der Waals surface area contributed by atoms with Gasteiger partial charge in [0.15, 0.2) is 0 Å². The van der Waals surface area contributed by atoms with E-state index in [0.29, 0.717) is 12.6 Å². The number of piperidine rings is 1. The van der Waals surface area contributed by atoms with Crippen LogP contribution in [0.2, 0.25) is 0 Å². The summed E-state index contributed by atoms with van der Waals surface area (Å²) in [6.45, 7) is 9.69. The molecule has 18 heavy (non-hydrogen) atoms. The molecule has 1 aliphatic heterocycles. The Morgan fingerprint density at radius 3 is 2.72 bits per heavy atom. The van der Waals surface area contributed by atoms with Gasteiger partial charge in [0, 0.05) is 25.7 Å². The molecule has 1 fully saturated rings. The van der Waals surface area contributed by atoms with Crippen molar-refractivity contribution in [3.05, 3.63) is 29.6 Å². The van der Waals surface area contributed by atoms with Crippen molar-refractivity contribution in [2.45, 2.75) is 46.3 Å². The SMILES string of the molecule is CC1CC(C)C(C)N(Cc2cccc(CN)n2)C1. The van der Waals surface area contributed by atoms with E-state index in [4.69, 9.17) is 5.73 Å². The van der Waals surface area contributed by atoms with Crippen LogP contribution in [-0.4, -0.2) is 22.5 Å². The van der Waals surface area contributed by atoms with Crippen molar-refractivity contribution in [1.29, 1.82) is 0 Å². The van der Waals surface area contributed by atoms with Crippen LogP contribution in [-0.2, 0) is 13.1 Å². The highest BCUT2D eigenvalue weighted by atomic mass is 15.2. The van der Waals surface area contributed by atoms with Gasteiger partial charge in [0.25, 0.3) is 0 Å². The van der Waals surface area contributed by atoms with Gasteiger partial charge in [-0.3, -0.25) is 9.88 Å². The van der Waals surface area contributed by atoms with Crippen LogP contribution >= 0.6 is 0 Å².